The van der Waals surface area contributed by atoms with Crippen LogP contribution >= 0.6 is 0 Å². The molecule has 0 bridgehead atoms. The minimum atomic E-state index is -2.51. The van der Waals surface area contributed by atoms with E-state index in [1.165, 1.54) is 0 Å². The highest BCUT2D eigenvalue weighted by molar-refractivity contribution is 6.61. The maximum Gasteiger partial charge on any atom is 0.504 e. The molecular weight excluding hydrogens is 248 g/mol. The van der Waals surface area contributed by atoms with E-state index in [2.05, 4.69) is 0 Å². The van der Waals surface area contributed by atoms with Crippen molar-refractivity contribution in [2.45, 2.75) is 12.7 Å². The number of ether oxygens (including phenoxy) is 1. The first-order valence-electron chi connectivity index (χ1n) is 5.72. The summed E-state index contributed by atoms with van der Waals surface area (Å²) in [5.74, 6) is 0. The van der Waals surface area contributed by atoms with Crippen molar-refractivity contribution >= 4 is 8.80 Å². The van der Waals surface area contributed by atoms with E-state index in [0.29, 0.717) is 12.7 Å². The van der Waals surface area contributed by atoms with Gasteiger partial charge in [-0.15, -0.1) is 0 Å². The van der Waals surface area contributed by atoms with Crippen LogP contribution in [0.4, 0.5) is 0 Å². The van der Waals surface area contributed by atoms with E-state index in [-0.39, 0.29) is 0 Å². The molecule has 0 aromatic heterocycles. The van der Waals surface area contributed by atoms with Crippen LogP contribution in [0.3, 0.4) is 0 Å². The Balaban J connectivity index is 2.33. The topological polar surface area (TPSA) is 36.9 Å². The average Bonchev–Trinajstić information content (AvgIpc) is 2.45. The Morgan fingerprint density at radius 2 is 1.61 bits per heavy atom. The van der Waals surface area contributed by atoms with Crippen LogP contribution in [0, 0.1) is 0 Å². The minimum Gasteiger partial charge on any atom is -0.497 e. The summed E-state index contributed by atoms with van der Waals surface area (Å²) in [7, 11) is 2.27. The maximum atomic E-state index is 5.42. The maximum absolute atomic E-state index is 5.42. The standard InChI is InChI=1S/C13H20O4Si/c1-14-18(15-2,16-3)11-7-10-17-12-13-8-5-4-6-9-13/h4-10H,11-12H2,1-3H3. The first-order chi connectivity index (χ1) is 8.76. The summed E-state index contributed by atoms with van der Waals surface area (Å²) in [4.78, 5) is 0. The lowest BCUT2D eigenvalue weighted by atomic mass is 10.2. The van der Waals surface area contributed by atoms with E-state index in [4.69, 9.17) is 18.0 Å². The van der Waals surface area contributed by atoms with Crippen LogP contribution in [0.25, 0.3) is 0 Å². The highest BCUT2D eigenvalue weighted by atomic mass is 28.4. The molecule has 0 aliphatic carbocycles. The smallest absolute Gasteiger partial charge is 0.497 e. The van der Waals surface area contributed by atoms with Gasteiger partial charge in [0.2, 0.25) is 0 Å². The van der Waals surface area contributed by atoms with Crippen molar-refractivity contribution in [3.63, 3.8) is 0 Å². The molecule has 0 unspecified atom stereocenters. The van der Waals surface area contributed by atoms with Gasteiger partial charge in [0.1, 0.15) is 6.61 Å². The molecule has 0 spiro atoms. The molecular formula is C13H20O4Si. The second-order valence-electron chi connectivity index (χ2n) is 3.67. The second kappa shape index (κ2) is 8.05. The fraction of sp³-hybridized carbons (Fsp3) is 0.385. The molecule has 0 atom stereocenters. The lowest BCUT2D eigenvalue weighted by Crippen LogP contribution is -2.42. The molecule has 0 fully saturated rings. The SMILES string of the molecule is CO[Si](CC=COCc1ccccc1)(OC)OC. The first-order valence-corrected chi connectivity index (χ1v) is 7.65. The molecule has 0 saturated carbocycles. The Labute approximate surface area is 110 Å². The van der Waals surface area contributed by atoms with Crippen LogP contribution < -0.4 is 0 Å². The van der Waals surface area contributed by atoms with Crippen LogP contribution in [0.1, 0.15) is 5.56 Å². The van der Waals surface area contributed by atoms with Crippen molar-refractivity contribution in [3.05, 3.63) is 48.2 Å². The van der Waals surface area contributed by atoms with Gasteiger partial charge in [-0.05, 0) is 11.6 Å². The number of hydrogen-bond donors (Lipinski definition) is 0. The molecule has 0 amide bonds. The zero-order valence-electron chi connectivity index (χ0n) is 11.1. The normalized spacial score (nSPS) is 11.9. The summed E-state index contributed by atoms with van der Waals surface area (Å²) in [6, 6.07) is 10.6. The number of rotatable bonds is 8. The van der Waals surface area contributed by atoms with Crippen molar-refractivity contribution < 1.29 is 18.0 Å². The summed E-state index contributed by atoms with van der Waals surface area (Å²) in [6.07, 6.45) is 3.53. The Hall–Kier alpha value is -1.14. The second-order valence-corrected chi connectivity index (χ2v) is 6.67. The van der Waals surface area contributed by atoms with Crippen LogP contribution in [0.15, 0.2) is 42.7 Å². The molecule has 1 aromatic rings. The lowest BCUT2D eigenvalue weighted by molar-refractivity contribution is 0.126. The lowest BCUT2D eigenvalue weighted by Gasteiger charge is -2.22. The fourth-order valence-electron chi connectivity index (χ4n) is 1.48. The molecule has 1 aromatic carbocycles. The highest BCUT2D eigenvalue weighted by Gasteiger charge is 2.36. The summed E-state index contributed by atoms with van der Waals surface area (Å²) in [5, 5.41) is 0. The number of benzene rings is 1. The molecule has 0 aliphatic rings. The van der Waals surface area contributed by atoms with Crippen molar-refractivity contribution in [3.8, 4) is 0 Å². The third kappa shape index (κ3) is 4.62. The van der Waals surface area contributed by atoms with Crippen molar-refractivity contribution in [1.82, 2.24) is 0 Å². The zero-order valence-corrected chi connectivity index (χ0v) is 12.1. The van der Waals surface area contributed by atoms with Gasteiger partial charge in [-0.1, -0.05) is 30.3 Å². The summed E-state index contributed by atoms with van der Waals surface area (Å²) in [6.45, 7) is 0.554. The molecule has 1 rings (SSSR count). The Morgan fingerprint density at radius 1 is 1.00 bits per heavy atom. The van der Waals surface area contributed by atoms with E-state index in [0.717, 1.165) is 5.56 Å². The Morgan fingerprint density at radius 3 is 2.17 bits per heavy atom. The van der Waals surface area contributed by atoms with Crippen LogP contribution in [0.2, 0.25) is 6.04 Å². The van der Waals surface area contributed by atoms with E-state index in [9.17, 15) is 0 Å². The summed E-state index contributed by atoms with van der Waals surface area (Å²) in [5.41, 5.74) is 1.14. The van der Waals surface area contributed by atoms with Gasteiger partial charge in [0.05, 0.1) is 6.26 Å². The van der Waals surface area contributed by atoms with Crippen LogP contribution in [-0.2, 0) is 24.6 Å². The molecule has 4 nitrogen and oxygen atoms in total. The van der Waals surface area contributed by atoms with E-state index >= 15 is 0 Å². The molecule has 100 valence electrons. The van der Waals surface area contributed by atoms with Gasteiger partial charge in [0, 0.05) is 27.4 Å². The fourth-order valence-corrected chi connectivity index (χ4v) is 2.86. The van der Waals surface area contributed by atoms with E-state index in [1.807, 2.05) is 36.4 Å². The van der Waals surface area contributed by atoms with Crippen molar-refractivity contribution in [1.29, 1.82) is 0 Å². The van der Waals surface area contributed by atoms with Gasteiger partial charge < -0.3 is 18.0 Å². The number of allylic oxidation sites excluding steroid dienone is 1. The van der Waals surface area contributed by atoms with Gasteiger partial charge in [0.15, 0.2) is 0 Å². The molecule has 5 heteroatoms. The predicted molar refractivity (Wildman–Crippen MR) is 72.0 cm³/mol. The third-order valence-electron chi connectivity index (χ3n) is 2.59. The highest BCUT2D eigenvalue weighted by Crippen LogP contribution is 2.13. The Bertz CT molecular complexity index is 341. The van der Waals surface area contributed by atoms with Crippen molar-refractivity contribution in [2.75, 3.05) is 21.3 Å². The minimum absolute atomic E-state index is 0.554. The van der Waals surface area contributed by atoms with E-state index in [1.54, 1.807) is 27.6 Å². The van der Waals surface area contributed by atoms with E-state index < -0.39 is 8.80 Å². The summed E-state index contributed by atoms with van der Waals surface area (Å²) < 4.78 is 21.3. The summed E-state index contributed by atoms with van der Waals surface area (Å²) >= 11 is 0. The first kappa shape index (κ1) is 14.9. The van der Waals surface area contributed by atoms with Gasteiger partial charge >= 0.3 is 8.80 Å². The quantitative estimate of drug-likeness (QED) is 0.536. The van der Waals surface area contributed by atoms with Crippen LogP contribution in [-0.4, -0.2) is 30.1 Å². The number of hydrogen-bond acceptors (Lipinski definition) is 4. The van der Waals surface area contributed by atoms with Gasteiger partial charge in [0.25, 0.3) is 0 Å². The third-order valence-corrected chi connectivity index (χ3v) is 5.19. The predicted octanol–water partition coefficient (Wildman–Crippen LogP) is 2.60. The average molecular weight is 268 g/mol. The molecule has 18 heavy (non-hydrogen) atoms. The molecule has 0 radical (unpaired) electrons. The van der Waals surface area contributed by atoms with Gasteiger partial charge in [-0.2, -0.15) is 0 Å². The molecule has 0 aliphatic heterocycles. The Kier molecular flexibility index (Phi) is 6.67. The zero-order chi connectivity index (χ0) is 13.3. The molecule has 0 heterocycles. The van der Waals surface area contributed by atoms with Gasteiger partial charge in [-0.25, -0.2) is 0 Å². The molecule has 0 N–H and O–H groups in total. The monoisotopic (exact) mass is 268 g/mol. The largest absolute Gasteiger partial charge is 0.504 e. The van der Waals surface area contributed by atoms with Gasteiger partial charge in [-0.3, -0.25) is 0 Å². The van der Waals surface area contributed by atoms with Crippen LogP contribution in [0.5, 0.6) is 0 Å². The molecule has 0 saturated heterocycles. The van der Waals surface area contributed by atoms with Crippen molar-refractivity contribution in [2.24, 2.45) is 0 Å².